The molecule has 0 aliphatic heterocycles. The van der Waals surface area contributed by atoms with E-state index in [1.807, 2.05) is 31.2 Å². The molecule has 2 amide bonds. The predicted octanol–water partition coefficient (Wildman–Crippen LogP) is 3.36. The number of pyridine rings is 1. The molecule has 26 heavy (non-hydrogen) atoms. The molecule has 134 valence electrons. The van der Waals surface area contributed by atoms with Gasteiger partial charge in [-0.2, -0.15) is 5.10 Å². The number of carbonyl (C=O) groups is 2. The molecule has 6 heteroatoms. The zero-order valence-corrected chi connectivity index (χ0v) is 14.7. The van der Waals surface area contributed by atoms with Crippen LogP contribution in [0.25, 0.3) is 0 Å². The van der Waals surface area contributed by atoms with Gasteiger partial charge in [0.2, 0.25) is 5.91 Å². The molecule has 0 saturated heterocycles. The molecule has 1 aliphatic carbocycles. The van der Waals surface area contributed by atoms with Crippen molar-refractivity contribution in [3.63, 3.8) is 0 Å². The van der Waals surface area contributed by atoms with E-state index < -0.39 is 0 Å². The molecule has 1 fully saturated rings. The van der Waals surface area contributed by atoms with E-state index in [-0.39, 0.29) is 17.7 Å². The van der Waals surface area contributed by atoms with Gasteiger partial charge in [0.1, 0.15) is 0 Å². The van der Waals surface area contributed by atoms with Crippen LogP contribution in [0.3, 0.4) is 0 Å². The van der Waals surface area contributed by atoms with E-state index in [0.29, 0.717) is 11.3 Å². The summed E-state index contributed by atoms with van der Waals surface area (Å²) in [4.78, 5) is 28.2. The van der Waals surface area contributed by atoms with E-state index in [9.17, 15) is 9.59 Å². The SMILES string of the molecule is C/C(=N/NC(=O)c1ccncc1)c1cccc(NC(=O)C2CCCC2)c1. The third-order valence-electron chi connectivity index (χ3n) is 4.54. The number of hydrazone groups is 1. The predicted molar refractivity (Wildman–Crippen MR) is 101 cm³/mol. The van der Waals surface area contributed by atoms with E-state index in [1.54, 1.807) is 24.5 Å². The molecule has 2 aromatic rings. The second-order valence-corrected chi connectivity index (χ2v) is 6.43. The number of amides is 2. The lowest BCUT2D eigenvalue weighted by Gasteiger charge is -2.11. The van der Waals surface area contributed by atoms with Crippen molar-refractivity contribution >= 4 is 23.2 Å². The molecule has 0 radical (unpaired) electrons. The summed E-state index contributed by atoms with van der Waals surface area (Å²) in [6.07, 6.45) is 7.30. The first-order chi connectivity index (χ1) is 12.6. The Hall–Kier alpha value is -3.02. The molecule has 0 bridgehead atoms. The van der Waals surface area contributed by atoms with Crippen LogP contribution in [-0.4, -0.2) is 22.5 Å². The summed E-state index contributed by atoms with van der Waals surface area (Å²) in [7, 11) is 0. The monoisotopic (exact) mass is 350 g/mol. The second kappa shape index (κ2) is 8.38. The van der Waals surface area contributed by atoms with Crippen LogP contribution < -0.4 is 10.7 Å². The molecule has 3 rings (SSSR count). The highest BCUT2D eigenvalue weighted by Crippen LogP contribution is 2.26. The van der Waals surface area contributed by atoms with E-state index >= 15 is 0 Å². The van der Waals surface area contributed by atoms with Crippen LogP contribution in [0.15, 0.2) is 53.9 Å². The van der Waals surface area contributed by atoms with Gasteiger partial charge in [-0.15, -0.1) is 0 Å². The molecule has 1 aromatic carbocycles. The molecular formula is C20H22N4O2. The number of hydrogen-bond acceptors (Lipinski definition) is 4. The first-order valence-corrected chi connectivity index (χ1v) is 8.79. The zero-order valence-electron chi connectivity index (χ0n) is 14.7. The van der Waals surface area contributed by atoms with Gasteiger partial charge >= 0.3 is 0 Å². The van der Waals surface area contributed by atoms with Gasteiger partial charge in [0, 0.05) is 29.6 Å². The van der Waals surface area contributed by atoms with Crippen molar-refractivity contribution in [2.45, 2.75) is 32.6 Å². The van der Waals surface area contributed by atoms with Crippen LogP contribution in [0.2, 0.25) is 0 Å². The zero-order chi connectivity index (χ0) is 18.4. The lowest BCUT2D eigenvalue weighted by atomic mass is 10.1. The molecule has 1 heterocycles. The van der Waals surface area contributed by atoms with E-state index in [0.717, 1.165) is 36.9 Å². The van der Waals surface area contributed by atoms with Crippen LogP contribution in [0.4, 0.5) is 5.69 Å². The summed E-state index contributed by atoms with van der Waals surface area (Å²) in [5, 5.41) is 7.13. The summed E-state index contributed by atoms with van der Waals surface area (Å²) in [6.45, 7) is 1.81. The van der Waals surface area contributed by atoms with Gasteiger partial charge in [-0.1, -0.05) is 25.0 Å². The van der Waals surface area contributed by atoms with Gasteiger partial charge < -0.3 is 5.32 Å². The van der Waals surface area contributed by atoms with E-state index in [1.165, 1.54) is 0 Å². The largest absolute Gasteiger partial charge is 0.326 e. The number of benzene rings is 1. The topological polar surface area (TPSA) is 83.4 Å². The smallest absolute Gasteiger partial charge is 0.271 e. The maximum absolute atomic E-state index is 12.3. The van der Waals surface area contributed by atoms with Crippen molar-refractivity contribution in [1.29, 1.82) is 0 Å². The van der Waals surface area contributed by atoms with Gasteiger partial charge in [-0.25, -0.2) is 5.43 Å². The van der Waals surface area contributed by atoms with Gasteiger partial charge in [0.15, 0.2) is 0 Å². The average molecular weight is 350 g/mol. The quantitative estimate of drug-likeness (QED) is 0.640. The number of hydrogen-bond donors (Lipinski definition) is 2. The van der Waals surface area contributed by atoms with Crippen molar-refractivity contribution in [2.75, 3.05) is 5.32 Å². The van der Waals surface area contributed by atoms with Gasteiger partial charge in [-0.05, 0) is 49.6 Å². The van der Waals surface area contributed by atoms with Crippen LogP contribution >= 0.6 is 0 Å². The Morgan fingerprint density at radius 2 is 1.81 bits per heavy atom. The lowest BCUT2D eigenvalue weighted by Crippen LogP contribution is -2.21. The number of rotatable bonds is 5. The van der Waals surface area contributed by atoms with Crippen LogP contribution in [0.5, 0.6) is 0 Å². The first-order valence-electron chi connectivity index (χ1n) is 8.79. The number of carbonyl (C=O) groups excluding carboxylic acids is 2. The maximum atomic E-state index is 12.3. The summed E-state index contributed by atoms with van der Waals surface area (Å²) >= 11 is 0. The summed E-state index contributed by atoms with van der Waals surface area (Å²) in [5.74, 6) is -0.0919. The number of nitrogens with one attached hydrogen (secondary N) is 2. The highest BCUT2D eigenvalue weighted by Gasteiger charge is 2.22. The minimum absolute atomic E-state index is 0.0835. The number of aromatic nitrogens is 1. The molecule has 1 aliphatic rings. The molecule has 0 spiro atoms. The van der Waals surface area contributed by atoms with Gasteiger partial charge in [-0.3, -0.25) is 14.6 Å². The fourth-order valence-corrected chi connectivity index (χ4v) is 3.02. The third-order valence-corrected chi connectivity index (χ3v) is 4.54. The average Bonchev–Trinajstić information content (AvgIpc) is 3.22. The molecule has 2 N–H and O–H groups in total. The van der Waals surface area contributed by atoms with Crippen LogP contribution in [0, 0.1) is 5.92 Å². The minimum Gasteiger partial charge on any atom is -0.326 e. The number of anilines is 1. The molecule has 6 nitrogen and oxygen atoms in total. The van der Waals surface area contributed by atoms with Crippen LogP contribution in [-0.2, 0) is 4.79 Å². The molecule has 0 unspecified atom stereocenters. The lowest BCUT2D eigenvalue weighted by molar-refractivity contribution is -0.119. The second-order valence-electron chi connectivity index (χ2n) is 6.43. The maximum Gasteiger partial charge on any atom is 0.271 e. The molecule has 1 saturated carbocycles. The Labute approximate surface area is 152 Å². The van der Waals surface area contributed by atoms with E-state index in [2.05, 4.69) is 20.8 Å². The van der Waals surface area contributed by atoms with Gasteiger partial charge in [0.05, 0.1) is 5.71 Å². The van der Waals surface area contributed by atoms with Crippen molar-refractivity contribution in [1.82, 2.24) is 10.4 Å². The van der Waals surface area contributed by atoms with E-state index in [4.69, 9.17) is 0 Å². The van der Waals surface area contributed by atoms with Crippen molar-refractivity contribution < 1.29 is 9.59 Å². The third kappa shape index (κ3) is 4.53. The summed E-state index contributed by atoms with van der Waals surface area (Å²) < 4.78 is 0. The van der Waals surface area contributed by atoms with Crippen molar-refractivity contribution in [2.24, 2.45) is 11.0 Å². The molecular weight excluding hydrogens is 328 g/mol. The Bertz CT molecular complexity index is 812. The minimum atomic E-state index is -0.294. The van der Waals surface area contributed by atoms with Crippen molar-refractivity contribution in [3.05, 3.63) is 59.9 Å². The normalized spacial score (nSPS) is 14.9. The Kier molecular flexibility index (Phi) is 5.73. The highest BCUT2D eigenvalue weighted by atomic mass is 16.2. The molecule has 1 aromatic heterocycles. The highest BCUT2D eigenvalue weighted by molar-refractivity contribution is 6.02. The van der Waals surface area contributed by atoms with Gasteiger partial charge in [0.25, 0.3) is 5.91 Å². The first kappa shape index (κ1) is 17.8. The van der Waals surface area contributed by atoms with Crippen LogP contribution in [0.1, 0.15) is 48.5 Å². The number of nitrogens with zero attached hydrogens (tertiary/aromatic N) is 2. The van der Waals surface area contributed by atoms with Crippen molar-refractivity contribution in [3.8, 4) is 0 Å². The Morgan fingerprint density at radius 1 is 1.08 bits per heavy atom. The fraction of sp³-hybridized carbons (Fsp3) is 0.300. The molecule has 0 atom stereocenters. The summed E-state index contributed by atoms with van der Waals surface area (Å²) in [6, 6.07) is 10.7. The summed E-state index contributed by atoms with van der Waals surface area (Å²) in [5.41, 5.74) is 5.27. The Morgan fingerprint density at radius 3 is 2.54 bits per heavy atom. The fourth-order valence-electron chi connectivity index (χ4n) is 3.02. The standard InChI is InChI=1S/C20H22N4O2/c1-14(23-24-20(26)16-9-11-21-12-10-16)17-7-4-8-18(13-17)22-19(25)15-5-2-3-6-15/h4,7-13,15H,2-3,5-6H2,1H3,(H,22,25)(H,24,26)/b23-14-. The Balaban J connectivity index is 1.64.